The van der Waals surface area contributed by atoms with Crippen molar-refractivity contribution in [3.05, 3.63) is 0 Å². The summed E-state index contributed by atoms with van der Waals surface area (Å²) in [6.45, 7) is 0. The summed E-state index contributed by atoms with van der Waals surface area (Å²) < 4.78 is 0. The largest absolute Gasteiger partial charge is 2.00 e. The smallest absolute Gasteiger partial charge is 0.520 e. The average molecular weight is 339 g/mol. The van der Waals surface area contributed by atoms with Crippen LogP contribution < -0.4 is 0 Å². The molecular formula is C3H3NO3U. The number of rotatable bonds is 3. The first kappa shape index (κ1) is 11.0. The van der Waals surface area contributed by atoms with Crippen LogP contribution in [-0.2, 0) is 14.4 Å². The zero-order chi connectivity index (χ0) is 5.70. The van der Waals surface area contributed by atoms with Gasteiger partial charge in [0.1, 0.15) is 0 Å². The van der Waals surface area contributed by atoms with E-state index in [1.54, 1.807) is 0 Å². The van der Waals surface area contributed by atoms with Crippen molar-refractivity contribution in [3.8, 4) is 0 Å². The van der Waals surface area contributed by atoms with Crippen LogP contribution in [-0.4, -0.2) is 25.0 Å². The van der Waals surface area contributed by atoms with Crippen LogP contribution in [0, 0.1) is 31.1 Å². The van der Waals surface area contributed by atoms with Crippen LogP contribution >= 0.6 is 0 Å². The molecule has 8 heavy (non-hydrogen) atoms. The molecule has 0 aliphatic carbocycles. The van der Waals surface area contributed by atoms with E-state index >= 15 is 0 Å². The molecule has 0 saturated carbocycles. The van der Waals surface area contributed by atoms with E-state index in [2.05, 4.69) is 4.84 Å². The third-order valence-electron chi connectivity index (χ3n) is 0.348. The summed E-state index contributed by atoms with van der Waals surface area (Å²) in [6.07, 6.45) is 2.28. The number of hydrogen-bond donors (Lipinski definition) is 0. The summed E-state index contributed by atoms with van der Waals surface area (Å²) in [4.78, 5) is 22.8. The molecule has 0 radical (unpaired) electrons. The fourth-order valence-corrected chi connectivity index (χ4v) is 0.0932. The number of carbonyl (C=O) groups excluding carboxylic acids is 2. The standard InChI is InChI=1S/C3H3NO3.U/c1-7-4(2-5)3-6;/h1H3;/q-2;+2. The first-order chi connectivity index (χ1) is 3.35. The van der Waals surface area contributed by atoms with Gasteiger partial charge in [0, 0.05) is 0 Å². The van der Waals surface area contributed by atoms with E-state index in [0.717, 1.165) is 19.9 Å². The van der Waals surface area contributed by atoms with Crippen LogP contribution in [0.3, 0.4) is 0 Å². The van der Waals surface area contributed by atoms with Crippen molar-refractivity contribution in [1.29, 1.82) is 0 Å². The molecule has 0 aromatic rings. The molecule has 0 bridgehead atoms. The van der Waals surface area contributed by atoms with Crippen LogP contribution in [0.25, 0.3) is 0 Å². The Morgan fingerprint density at radius 2 is 1.75 bits per heavy atom. The summed E-state index contributed by atoms with van der Waals surface area (Å²) in [5.41, 5.74) is 0. The fraction of sp³-hybridized carbons (Fsp3) is 0.333. The molecule has 0 heterocycles. The Balaban J connectivity index is 0. The van der Waals surface area contributed by atoms with Gasteiger partial charge in [-0.05, 0) is 0 Å². The summed E-state index contributed by atoms with van der Waals surface area (Å²) in [5, 5.41) is 0.264. The predicted molar refractivity (Wildman–Crippen MR) is 20.2 cm³/mol. The van der Waals surface area contributed by atoms with Crippen LogP contribution in [0.4, 0.5) is 0 Å². The van der Waals surface area contributed by atoms with Crippen molar-refractivity contribution < 1.29 is 45.5 Å². The van der Waals surface area contributed by atoms with Gasteiger partial charge in [0.25, 0.3) is 0 Å². The number of hydrogen-bond acceptors (Lipinski definition) is 3. The number of amides is 2. The zero-order valence-corrected chi connectivity index (χ0v) is 8.34. The molecule has 0 aliphatic heterocycles. The molecule has 0 aromatic heterocycles. The molecular weight excluding hydrogens is 336 g/mol. The first-order valence-electron chi connectivity index (χ1n) is 1.45. The second kappa shape index (κ2) is 7.15. The molecule has 0 spiro atoms. The van der Waals surface area contributed by atoms with Crippen molar-refractivity contribution in [2.24, 2.45) is 0 Å². The van der Waals surface area contributed by atoms with Crippen molar-refractivity contribution in [3.63, 3.8) is 0 Å². The minimum atomic E-state index is 0. The Bertz CT molecular complexity index is 68.9. The minimum absolute atomic E-state index is 0. The molecule has 4 nitrogen and oxygen atoms in total. The van der Waals surface area contributed by atoms with Gasteiger partial charge in [0.2, 0.25) is 0 Å². The fourth-order valence-electron chi connectivity index (χ4n) is 0.0932. The van der Waals surface area contributed by atoms with Gasteiger partial charge in [-0.3, -0.25) is 0 Å². The quantitative estimate of drug-likeness (QED) is 0.376. The van der Waals surface area contributed by atoms with Crippen molar-refractivity contribution in [1.82, 2.24) is 5.06 Å². The summed E-state index contributed by atoms with van der Waals surface area (Å²) in [6, 6.07) is 0. The Kier molecular flexibility index (Phi) is 9.85. The molecule has 0 unspecified atom stereocenters. The molecule has 0 N–H and O–H groups in total. The van der Waals surface area contributed by atoms with E-state index in [4.69, 9.17) is 0 Å². The maximum atomic E-state index is 9.38. The van der Waals surface area contributed by atoms with E-state index in [-0.39, 0.29) is 36.2 Å². The van der Waals surface area contributed by atoms with Crippen molar-refractivity contribution in [2.45, 2.75) is 0 Å². The third-order valence-corrected chi connectivity index (χ3v) is 0.348. The number of hydroxylamine groups is 2. The molecule has 42 valence electrons. The van der Waals surface area contributed by atoms with Crippen LogP contribution in [0.15, 0.2) is 0 Å². The van der Waals surface area contributed by atoms with E-state index in [1.165, 1.54) is 0 Å². The van der Waals surface area contributed by atoms with Crippen LogP contribution in [0.2, 0.25) is 0 Å². The molecule has 0 saturated heterocycles. The molecule has 0 fully saturated rings. The number of nitrogens with zero attached hydrogens (tertiary/aromatic N) is 1. The van der Waals surface area contributed by atoms with Gasteiger partial charge in [-0.15, -0.1) is 0 Å². The molecule has 0 aromatic carbocycles. The van der Waals surface area contributed by atoms with Crippen molar-refractivity contribution in [2.75, 3.05) is 7.11 Å². The summed E-state index contributed by atoms with van der Waals surface area (Å²) in [5.74, 6) is 0. The Morgan fingerprint density at radius 3 is 1.75 bits per heavy atom. The minimum Gasteiger partial charge on any atom is -0.520 e. The maximum absolute atomic E-state index is 9.38. The van der Waals surface area contributed by atoms with Crippen LogP contribution in [0.5, 0.6) is 0 Å². The van der Waals surface area contributed by atoms with Gasteiger partial charge in [0.05, 0.1) is 7.11 Å². The molecule has 0 atom stereocenters. The Labute approximate surface area is 70.5 Å². The normalized spacial score (nSPS) is 6.62. The first-order valence-corrected chi connectivity index (χ1v) is 1.45. The van der Waals surface area contributed by atoms with Gasteiger partial charge in [-0.2, -0.15) is 12.8 Å². The predicted octanol–water partition coefficient (Wildman–Crippen LogP) is -1.02. The monoisotopic (exact) mass is 339 g/mol. The van der Waals surface area contributed by atoms with Gasteiger partial charge in [0.15, 0.2) is 0 Å². The maximum Gasteiger partial charge on any atom is 2.00 e. The number of imide groups is 1. The topological polar surface area (TPSA) is 46.6 Å². The Hall–Kier alpha value is 0.152. The second-order valence-corrected chi connectivity index (χ2v) is 0.660. The molecule has 2 amide bonds. The Morgan fingerprint density at radius 1 is 1.38 bits per heavy atom. The zero-order valence-electron chi connectivity index (χ0n) is 4.17. The van der Waals surface area contributed by atoms with Gasteiger partial charge >= 0.3 is 31.1 Å². The van der Waals surface area contributed by atoms with Gasteiger partial charge in [-0.1, -0.05) is 0 Å². The van der Waals surface area contributed by atoms with E-state index in [9.17, 15) is 9.59 Å². The van der Waals surface area contributed by atoms with Crippen molar-refractivity contribution >= 4 is 12.8 Å². The SMILES string of the molecule is CON([C-]=O)[C-]=O.[U+2]. The van der Waals surface area contributed by atoms with E-state index in [0.29, 0.717) is 0 Å². The van der Waals surface area contributed by atoms with E-state index < -0.39 is 0 Å². The molecule has 0 rings (SSSR count). The van der Waals surface area contributed by atoms with E-state index in [1.807, 2.05) is 0 Å². The molecule has 0 aliphatic rings. The average Bonchev–Trinajstić information content (AvgIpc) is 1.72. The second-order valence-electron chi connectivity index (χ2n) is 0.660. The van der Waals surface area contributed by atoms with Gasteiger partial charge in [-0.25, -0.2) is 0 Å². The third kappa shape index (κ3) is 4.31. The van der Waals surface area contributed by atoms with Crippen LogP contribution in [0.1, 0.15) is 0 Å². The van der Waals surface area contributed by atoms with Gasteiger partial charge < -0.3 is 19.5 Å². The summed E-state index contributed by atoms with van der Waals surface area (Å²) in [7, 11) is 1.16. The molecule has 5 heteroatoms. The summed E-state index contributed by atoms with van der Waals surface area (Å²) >= 11 is 0.